The third kappa shape index (κ3) is 3.93. The lowest BCUT2D eigenvalue weighted by Crippen LogP contribution is -2.44. The van der Waals surface area contributed by atoms with E-state index in [0.29, 0.717) is 5.56 Å². The van der Waals surface area contributed by atoms with E-state index in [-0.39, 0.29) is 39.3 Å². The molecule has 1 aliphatic heterocycles. The summed E-state index contributed by atoms with van der Waals surface area (Å²) in [7, 11) is -4.35. The van der Waals surface area contributed by atoms with Gasteiger partial charge in [0.05, 0.1) is 12.4 Å². The van der Waals surface area contributed by atoms with Crippen molar-refractivity contribution in [3.63, 3.8) is 0 Å². The molecule has 2 atom stereocenters. The van der Waals surface area contributed by atoms with E-state index >= 15 is 4.39 Å². The lowest BCUT2D eigenvalue weighted by Gasteiger charge is -2.37. The van der Waals surface area contributed by atoms with Crippen molar-refractivity contribution in [2.45, 2.75) is 44.6 Å². The topological polar surface area (TPSA) is 125 Å². The molecule has 2 N–H and O–H groups in total. The number of Topliss-reactive ketones (excluding diaryl/α,β-unsaturated/α-hetero) is 1. The fourth-order valence-electron chi connectivity index (χ4n) is 4.35. The van der Waals surface area contributed by atoms with Crippen LogP contribution in [0.3, 0.4) is 0 Å². The van der Waals surface area contributed by atoms with E-state index in [1.54, 1.807) is 19.9 Å². The molecule has 0 aliphatic carbocycles. The Hall–Kier alpha value is -3.02. The minimum Gasteiger partial charge on any atom is -0.391 e. The number of sulfonamides is 1. The molecule has 2 heterocycles. The van der Waals surface area contributed by atoms with Crippen molar-refractivity contribution < 1.29 is 22.0 Å². The molecule has 1 aliphatic rings. The molecule has 0 spiro atoms. The quantitative estimate of drug-likeness (QED) is 0.501. The second-order valence-electron chi connectivity index (χ2n) is 8.20. The van der Waals surface area contributed by atoms with Crippen LogP contribution >= 0.6 is 11.6 Å². The first-order valence-electron chi connectivity index (χ1n) is 10.3. The number of aromatic nitrogens is 2. The highest BCUT2D eigenvalue weighted by Gasteiger charge is 2.45. The largest absolute Gasteiger partial charge is 0.434 e. The van der Waals surface area contributed by atoms with Crippen molar-refractivity contribution in [1.29, 1.82) is 0 Å². The van der Waals surface area contributed by atoms with E-state index in [2.05, 4.69) is 15.5 Å². The average Bonchev–Trinajstić information content (AvgIpc) is 3.17. The van der Waals surface area contributed by atoms with Crippen molar-refractivity contribution in [3.8, 4) is 0 Å². The molecule has 0 fully saturated rings. The zero-order valence-corrected chi connectivity index (χ0v) is 20.3. The SMILES string of the molecule is CC(=O)c1cc(Cl)cc2c1S(=O)(=O)N([C@H](c1n[nH]c(=O)o1)[C@H](C)c1c(F)ccc(C)c1C)CN2. The molecule has 1 aromatic heterocycles. The number of nitrogens with one attached hydrogen (secondary N) is 2. The summed E-state index contributed by atoms with van der Waals surface area (Å²) < 4.78 is 48.9. The maximum atomic E-state index is 15.0. The van der Waals surface area contributed by atoms with E-state index in [1.165, 1.54) is 25.1 Å². The minimum atomic E-state index is -4.35. The highest BCUT2D eigenvalue weighted by atomic mass is 35.5. The number of aromatic amines is 1. The molecule has 0 amide bonds. The van der Waals surface area contributed by atoms with E-state index in [9.17, 15) is 18.0 Å². The van der Waals surface area contributed by atoms with E-state index < -0.39 is 39.3 Å². The Morgan fingerprint density at radius 3 is 2.62 bits per heavy atom. The first-order chi connectivity index (χ1) is 15.9. The fraction of sp³-hybridized carbons (Fsp3) is 0.318. The number of H-pyrrole nitrogens is 1. The normalized spacial score (nSPS) is 17.0. The van der Waals surface area contributed by atoms with Crippen LogP contribution in [0.4, 0.5) is 10.1 Å². The summed E-state index contributed by atoms with van der Waals surface area (Å²) in [6, 6.07) is 4.41. The standard InChI is InChI=1S/C22H22ClFN4O5S/c1-10-5-6-16(24)18(11(10)2)12(3)19(21-26-27-22(30)33-21)28-9-25-17-8-14(23)7-15(13(4)29)20(17)34(28,31)32/h5-8,12,19,25H,9H2,1-4H3,(H,27,30)/t12-,19+/m1/s1. The number of hydrogen-bond donors (Lipinski definition) is 2. The second-order valence-corrected chi connectivity index (χ2v) is 10.5. The van der Waals surface area contributed by atoms with Crippen LogP contribution in [0.5, 0.6) is 0 Å². The molecule has 0 radical (unpaired) electrons. The van der Waals surface area contributed by atoms with Gasteiger partial charge in [-0.2, -0.15) is 4.31 Å². The van der Waals surface area contributed by atoms with Crippen LogP contribution in [0.15, 0.2) is 38.4 Å². The number of ketones is 1. The van der Waals surface area contributed by atoms with Gasteiger partial charge >= 0.3 is 5.76 Å². The lowest BCUT2D eigenvalue weighted by atomic mass is 9.87. The van der Waals surface area contributed by atoms with Crippen molar-refractivity contribution in [3.05, 3.63) is 73.8 Å². The van der Waals surface area contributed by atoms with Crippen LogP contribution in [0.2, 0.25) is 5.02 Å². The van der Waals surface area contributed by atoms with Gasteiger partial charge in [-0.05, 0) is 55.7 Å². The molecule has 4 rings (SSSR count). The third-order valence-corrected chi connectivity index (χ3v) is 8.25. The van der Waals surface area contributed by atoms with Crippen LogP contribution in [0.1, 0.15) is 58.7 Å². The Morgan fingerprint density at radius 2 is 2.00 bits per heavy atom. The molecular weight excluding hydrogens is 487 g/mol. The Kier molecular flexibility index (Phi) is 6.13. The van der Waals surface area contributed by atoms with Gasteiger partial charge in [-0.15, -0.1) is 5.10 Å². The molecule has 9 nitrogen and oxygen atoms in total. The van der Waals surface area contributed by atoms with E-state index in [1.807, 2.05) is 6.92 Å². The number of carbonyl (C=O) groups excluding carboxylic acids is 1. The highest BCUT2D eigenvalue weighted by Crippen LogP contribution is 2.44. The van der Waals surface area contributed by atoms with Crippen LogP contribution in [0.25, 0.3) is 0 Å². The van der Waals surface area contributed by atoms with E-state index in [0.717, 1.165) is 9.87 Å². The summed E-state index contributed by atoms with van der Waals surface area (Å²) in [5.74, 6) is -2.96. The predicted molar refractivity (Wildman–Crippen MR) is 123 cm³/mol. The average molecular weight is 509 g/mol. The molecule has 180 valence electrons. The van der Waals surface area contributed by atoms with Crippen LogP contribution < -0.4 is 11.1 Å². The Balaban J connectivity index is 1.94. The van der Waals surface area contributed by atoms with Gasteiger partial charge in [0.2, 0.25) is 15.9 Å². The first-order valence-corrected chi connectivity index (χ1v) is 12.2. The van der Waals surface area contributed by atoms with Crippen LogP contribution in [0, 0.1) is 19.7 Å². The maximum absolute atomic E-state index is 15.0. The Morgan fingerprint density at radius 1 is 1.29 bits per heavy atom. The Labute approximate surface area is 200 Å². The fourth-order valence-corrected chi connectivity index (χ4v) is 6.50. The summed E-state index contributed by atoms with van der Waals surface area (Å²) in [5.41, 5.74) is 1.78. The van der Waals surface area contributed by atoms with Gasteiger partial charge in [0.25, 0.3) is 0 Å². The van der Waals surface area contributed by atoms with Crippen LogP contribution in [-0.2, 0) is 10.0 Å². The number of rotatable bonds is 5. The molecule has 3 aromatic rings. The summed E-state index contributed by atoms with van der Waals surface area (Å²) >= 11 is 6.09. The van der Waals surface area contributed by atoms with Crippen molar-refractivity contribution in [2.75, 3.05) is 12.0 Å². The van der Waals surface area contributed by atoms with E-state index in [4.69, 9.17) is 16.0 Å². The Bertz CT molecular complexity index is 1470. The molecule has 0 saturated heterocycles. The number of halogens is 2. The number of benzene rings is 2. The molecule has 34 heavy (non-hydrogen) atoms. The van der Waals surface area contributed by atoms with Gasteiger partial charge in [0.15, 0.2) is 5.78 Å². The molecule has 0 saturated carbocycles. The first kappa shape index (κ1) is 24.1. The summed E-state index contributed by atoms with van der Waals surface area (Å²) in [4.78, 5) is 23.8. The number of anilines is 1. The number of hydrogen-bond acceptors (Lipinski definition) is 7. The van der Waals surface area contributed by atoms with Crippen molar-refractivity contribution in [1.82, 2.24) is 14.5 Å². The van der Waals surface area contributed by atoms with Gasteiger partial charge in [0.1, 0.15) is 16.8 Å². The third-order valence-electron chi connectivity index (χ3n) is 6.10. The zero-order chi connectivity index (χ0) is 24.9. The van der Waals surface area contributed by atoms with Crippen molar-refractivity contribution in [2.24, 2.45) is 0 Å². The second kappa shape index (κ2) is 8.64. The minimum absolute atomic E-state index is 0.0903. The smallest absolute Gasteiger partial charge is 0.391 e. The zero-order valence-electron chi connectivity index (χ0n) is 18.8. The van der Waals surface area contributed by atoms with Crippen molar-refractivity contribution >= 4 is 33.1 Å². The predicted octanol–water partition coefficient (Wildman–Crippen LogP) is 3.89. The monoisotopic (exact) mass is 508 g/mol. The number of nitrogens with zero attached hydrogens (tertiary/aromatic N) is 2. The van der Waals surface area contributed by atoms with Gasteiger partial charge in [-0.25, -0.2) is 22.7 Å². The van der Waals surface area contributed by atoms with Gasteiger partial charge in [-0.3, -0.25) is 4.79 Å². The molecular formula is C22H22ClFN4O5S. The molecule has 2 aromatic carbocycles. The summed E-state index contributed by atoms with van der Waals surface area (Å²) in [5, 5.41) is 9.17. The number of carbonyl (C=O) groups is 1. The molecule has 0 bridgehead atoms. The van der Waals surface area contributed by atoms with Gasteiger partial charge in [-0.1, -0.05) is 24.6 Å². The highest BCUT2D eigenvalue weighted by molar-refractivity contribution is 7.89. The maximum Gasteiger partial charge on any atom is 0.434 e. The molecule has 0 unspecified atom stereocenters. The number of aryl methyl sites for hydroxylation is 1. The lowest BCUT2D eigenvalue weighted by molar-refractivity contribution is 0.101. The summed E-state index contributed by atoms with van der Waals surface area (Å²) in [6.07, 6.45) is 0. The summed E-state index contributed by atoms with van der Waals surface area (Å²) in [6.45, 7) is 6.15. The van der Waals surface area contributed by atoms with Crippen LogP contribution in [-0.4, -0.2) is 35.4 Å². The van der Waals surface area contributed by atoms with Gasteiger partial charge < -0.3 is 9.73 Å². The number of fused-ring (bicyclic) bond motifs is 1. The molecule has 12 heteroatoms. The van der Waals surface area contributed by atoms with Gasteiger partial charge in [0, 0.05) is 16.5 Å².